The van der Waals surface area contributed by atoms with Crippen molar-refractivity contribution in [3.63, 3.8) is 0 Å². The second kappa shape index (κ2) is 6.70. The summed E-state index contributed by atoms with van der Waals surface area (Å²) in [5, 5.41) is 4.89. The Bertz CT molecular complexity index is 674. The molecule has 0 spiro atoms. The molecule has 0 bridgehead atoms. The van der Waals surface area contributed by atoms with Crippen LogP contribution >= 0.6 is 34.8 Å². The predicted molar refractivity (Wildman–Crippen MR) is 80.8 cm³/mol. The first-order valence-corrected chi connectivity index (χ1v) is 6.60. The molecule has 0 aliphatic heterocycles. The minimum atomic E-state index is -0.454. The summed E-state index contributed by atoms with van der Waals surface area (Å²) in [6, 6.07) is 8.12. The number of nitrogens with zero attached hydrogens (tertiary/aromatic N) is 2. The summed E-state index contributed by atoms with van der Waals surface area (Å²) in [7, 11) is 0. The van der Waals surface area contributed by atoms with Gasteiger partial charge in [-0.25, -0.2) is 10.4 Å². The van der Waals surface area contributed by atoms with Crippen molar-refractivity contribution in [1.82, 2.24) is 10.4 Å². The van der Waals surface area contributed by atoms with Crippen LogP contribution < -0.4 is 5.43 Å². The summed E-state index contributed by atoms with van der Waals surface area (Å²) in [5.41, 5.74) is 3.22. The third kappa shape index (κ3) is 3.70. The molecule has 1 aromatic heterocycles. The van der Waals surface area contributed by atoms with Gasteiger partial charge in [-0.15, -0.1) is 0 Å². The van der Waals surface area contributed by atoms with Gasteiger partial charge in [0.1, 0.15) is 5.15 Å². The van der Waals surface area contributed by atoms with Gasteiger partial charge in [-0.1, -0.05) is 40.9 Å². The Labute approximate surface area is 130 Å². The minimum Gasteiger partial charge on any atom is -0.267 e. The van der Waals surface area contributed by atoms with Gasteiger partial charge in [-0.2, -0.15) is 5.10 Å². The zero-order valence-electron chi connectivity index (χ0n) is 9.98. The largest absolute Gasteiger partial charge is 0.274 e. The lowest BCUT2D eigenvalue weighted by Crippen LogP contribution is -2.18. The van der Waals surface area contributed by atoms with Gasteiger partial charge >= 0.3 is 0 Å². The molecule has 1 aromatic carbocycles. The minimum absolute atomic E-state index is 0.115. The first-order valence-electron chi connectivity index (χ1n) is 5.47. The van der Waals surface area contributed by atoms with Crippen LogP contribution in [0.1, 0.15) is 15.9 Å². The van der Waals surface area contributed by atoms with Crippen molar-refractivity contribution in [2.45, 2.75) is 0 Å². The molecule has 20 heavy (non-hydrogen) atoms. The van der Waals surface area contributed by atoms with Crippen LogP contribution in [0.2, 0.25) is 15.2 Å². The van der Waals surface area contributed by atoms with Gasteiger partial charge in [0, 0.05) is 16.8 Å². The molecule has 0 atom stereocenters. The van der Waals surface area contributed by atoms with Gasteiger partial charge < -0.3 is 0 Å². The van der Waals surface area contributed by atoms with E-state index in [1.54, 1.807) is 30.3 Å². The standard InChI is InChI=1S/C13H8Cl3N3O/c14-9-4-3-8(11(15)6-9)7-18-19-13(20)10-2-1-5-17-12(10)16/h1-7H,(H,19,20)/b18-7+. The fourth-order valence-corrected chi connectivity index (χ4v) is 2.04. The second-order valence-electron chi connectivity index (χ2n) is 3.71. The Morgan fingerprint density at radius 3 is 2.75 bits per heavy atom. The summed E-state index contributed by atoms with van der Waals surface area (Å²) in [6.07, 6.45) is 2.91. The number of hydrogen-bond donors (Lipinski definition) is 1. The fourth-order valence-electron chi connectivity index (χ4n) is 1.38. The van der Waals surface area contributed by atoms with Gasteiger partial charge in [-0.3, -0.25) is 4.79 Å². The lowest BCUT2D eigenvalue weighted by Gasteiger charge is -2.01. The van der Waals surface area contributed by atoms with Crippen LogP contribution in [-0.4, -0.2) is 17.1 Å². The van der Waals surface area contributed by atoms with Crippen molar-refractivity contribution in [3.05, 3.63) is 62.9 Å². The van der Waals surface area contributed by atoms with E-state index in [1.807, 2.05) is 0 Å². The maximum absolute atomic E-state index is 11.8. The molecule has 1 amide bonds. The number of pyridine rings is 1. The Morgan fingerprint density at radius 1 is 1.25 bits per heavy atom. The molecule has 0 aliphatic carbocycles. The number of nitrogens with one attached hydrogen (secondary N) is 1. The van der Waals surface area contributed by atoms with Crippen LogP contribution in [0.5, 0.6) is 0 Å². The Hall–Kier alpha value is -1.62. The first-order chi connectivity index (χ1) is 9.58. The third-order valence-corrected chi connectivity index (χ3v) is 3.20. The van der Waals surface area contributed by atoms with Crippen LogP contribution in [0.25, 0.3) is 0 Å². The van der Waals surface area contributed by atoms with E-state index in [0.717, 1.165) is 0 Å². The topological polar surface area (TPSA) is 54.4 Å². The smallest absolute Gasteiger partial charge is 0.267 e. The highest BCUT2D eigenvalue weighted by Gasteiger charge is 2.09. The van der Waals surface area contributed by atoms with Crippen LogP contribution in [0, 0.1) is 0 Å². The van der Waals surface area contributed by atoms with E-state index >= 15 is 0 Å². The van der Waals surface area contributed by atoms with E-state index in [1.165, 1.54) is 12.4 Å². The van der Waals surface area contributed by atoms with Crippen molar-refractivity contribution < 1.29 is 4.79 Å². The molecular formula is C13H8Cl3N3O. The molecule has 102 valence electrons. The van der Waals surface area contributed by atoms with E-state index < -0.39 is 5.91 Å². The maximum atomic E-state index is 11.8. The molecule has 0 fully saturated rings. The van der Waals surface area contributed by atoms with Crippen LogP contribution in [0.15, 0.2) is 41.6 Å². The van der Waals surface area contributed by atoms with Crippen LogP contribution in [0.3, 0.4) is 0 Å². The summed E-state index contributed by atoms with van der Waals surface area (Å²) in [6.45, 7) is 0. The highest BCUT2D eigenvalue weighted by atomic mass is 35.5. The molecule has 0 saturated heterocycles. The monoisotopic (exact) mass is 327 g/mol. The van der Waals surface area contributed by atoms with Gasteiger partial charge in [0.05, 0.1) is 16.8 Å². The van der Waals surface area contributed by atoms with Crippen molar-refractivity contribution in [2.24, 2.45) is 5.10 Å². The number of hydrogen-bond acceptors (Lipinski definition) is 3. The number of carbonyl (C=O) groups is 1. The lowest BCUT2D eigenvalue weighted by molar-refractivity contribution is 0.0955. The number of amides is 1. The molecule has 0 radical (unpaired) electrons. The molecular weight excluding hydrogens is 321 g/mol. The molecule has 1 heterocycles. The zero-order chi connectivity index (χ0) is 14.5. The van der Waals surface area contributed by atoms with Gasteiger partial charge in [0.25, 0.3) is 5.91 Å². The number of halogens is 3. The quantitative estimate of drug-likeness (QED) is 0.529. The number of rotatable bonds is 3. The molecule has 0 unspecified atom stereocenters. The summed E-state index contributed by atoms with van der Waals surface area (Å²) >= 11 is 17.5. The molecule has 2 aromatic rings. The zero-order valence-corrected chi connectivity index (χ0v) is 12.2. The number of hydrazone groups is 1. The molecule has 4 nitrogen and oxygen atoms in total. The maximum Gasteiger partial charge on any atom is 0.274 e. The van der Waals surface area contributed by atoms with E-state index in [0.29, 0.717) is 15.6 Å². The SMILES string of the molecule is O=C(N/N=C/c1ccc(Cl)cc1Cl)c1cccnc1Cl. The van der Waals surface area contributed by atoms with Crippen LogP contribution in [0.4, 0.5) is 0 Å². The lowest BCUT2D eigenvalue weighted by atomic mass is 10.2. The first kappa shape index (κ1) is 14.8. The fraction of sp³-hybridized carbons (Fsp3) is 0. The average molecular weight is 329 g/mol. The van der Waals surface area contributed by atoms with Crippen LogP contribution in [-0.2, 0) is 0 Å². The predicted octanol–water partition coefficient (Wildman–Crippen LogP) is 3.81. The van der Waals surface area contributed by atoms with Crippen molar-refractivity contribution in [2.75, 3.05) is 0 Å². The van der Waals surface area contributed by atoms with E-state index in [2.05, 4.69) is 15.5 Å². The van der Waals surface area contributed by atoms with Crippen molar-refractivity contribution in [3.8, 4) is 0 Å². The highest BCUT2D eigenvalue weighted by molar-refractivity contribution is 6.36. The van der Waals surface area contributed by atoms with Crippen molar-refractivity contribution in [1.29, 1.82) is 0 Å². The summed E-state index contributed by atoms with van der Waals surface area (Å²) in [4.78, 5) is 15.6. The Morgan fingerprint density at radius 2 is 2.05 bits per heavy atom. The number of benzene rings is 1. The third-order valence-electron chi connectivity index (χ3n) is 2.34. The molecule has 2 rings (SSSR count). The van der Waals surface area contributed by atoms with Gasteiger partial charge in [-0.05, 0) is 24.3 Å². The average Bonchev–Trinajstić information content (AvgIpc) is 2.41. The summed E-state index contributed by atoms with van der Waals surface area (Å²) < 4.78 is 0. The number of carbonyl (C=O) groups excluding carboxylic acids is 1. The summed E-state index contributed by atoms with van der Waals surface area (Å²) in [5.74, 6) is -0.454. The van der Waals surface area contributed by atoms with Crippen molar-refractivity contribution >= 4 is 46.9 Å². The number of aromatic nitrogens is 1. The second-order valence-corrected chi connectivity index (χ2v) is 4.91. The van der Waals surface area contributed by atoms with E-state index in [4.69, 9.17) is 34.8 Å². The normalized spacial score (nSPS) is 10.8. The molecule has 1 N–H and O–H groups in total. The Balaban J connectivity index is 2.07. The van der Waals surface area contributed by atoms with Gasteiger partial charge in [0.15, 0.2) is 0 Å². The molecule has 0 aliphatic rings. The highest BCUT2D eigenvalue weighted by Crippen LogP contribution is 2.19. The van der Waals surface area contributed by atoms with Gasteiger partial charge in [0.2, 0.25) is 0 Å². The molecule has 7 heteroatoms. The van der Waals surface area contributed by atoms with E-state index in [-0.39, 0.29) is 10.7 Å². The van der Waals surface area contributed by atoms with E-state index in [9.17, 15) is 4.79 Å². The Kier molecular flexibility index (Phi) is 4.95. The molecule has 0 saturated carbocycles.